The van der Waals surface area contributed by atoms with Gasteiger partial charge >= 0.3 is 0 Å². The van der Waals surface area contributed by atoms with Crippen molar-refractivity contribution in [2.24, 2.45) is 5.92 Å². The van der Waals surface area contributed by atoms with Crippen LogP contribution >= 0.6 is 0 Å². The van der Waals surface area contributed by atoms with Gasteiger partial charge < -0.3 is 10.6 Å². The average Bonchev–Trinajstić information content (AvgIpc) is 2.35. The van der Waals surface area contributed by atoms with Crippen molar-refractivity contribution in [1.82, 2.24) is 9.97 Å². The maximum Gasteiger partial charge on any atom is 0.138 e. The van der Waals surface area contributed by atoms with E-state index in [1.807, 2.05) is 7.05 Å². The minimum Gasteiger partial charge on any atom is -0.373 e. The first-order chi connectivity index (χ1) is 9.20. The van der Waals surface area contributed by atoms with E-state index >= 15 is 0 Å². The van der Waals surface area contributed by atoms with Crippen LogP contribution < -0.4 is 10.6 Å². The van der Waals surface area contributed by atoms with Crippen molar-refractivity contribution in [2.45, 2.75) is 66.3 Å². The van der Waals surface area contributed by atoms with Gasteiger partial charge in [0.25, 0.3) is 0 Å². The summed E-state index contributed by atoms with van der Waals surface area (Å²) in [6.45, 7) is 15.2. The number of hydrogen-bond donors (Lipinski definition) is 2. The van der Waals surface area contributed by atoms with E-state index in [9.17, 15) is 0 Å². The number of nitrogens with zero attached hydrogens (tertiary/aromatic N) is 2. The highest BCUT2D eigenvalue weighted by molar-refractivity contribution is 5.57. The molecule has 0 radical (unpaired) electrons. The maximum absolute atomic E-state index is 4.76. The lowest BCUT2D eigenvalue weighted by Gasteiger charge is -2.25. The fourth-order valence-corrected chi connectivity index (χ4v) is 2.15. The first kappa shape index (κ1) is 16.7. The van der Waals surface area contributed by atoms with Crippen molar-refractivity contribution in [1.29, 1.82) is 0 Å². The Labute approximate surface area is 123 Å². The van der Waals surface area contributed by atoms with E-state index in [1.54, 1.807) is 0 Å². The third-order valence-corrected chi connectivity index (χ3v) is 3.62. The second-order valence-electron chi connectivity index (χ2n) is 6.77. The monoisotopic (exact) mass is 278 g/mol. The van der Waals surface area contributed by atoms with Gasteiger partial charge in [0, 0.05) is 24.1 Å². The van der Waals surface area contributed by atoms with Gasteiger partial charge in [0.2, 0.25) is 0 Å². The molecule has 0 aliphatic carbocycles. The second-order valence-corrected chi connectivity index (χ2v) is 6.77. The summed E-state index contributed by atoms with van der Waals surface area (Å²) in [5, 5.41) is 6.77. The van der Waals surface area contributed by atoms with Crippen LogP contribution in [0.3, 0.4) is 0 Å². The Morgan fingerprint density at radius 2 is 1.65 bits per heavy atom. The van der Waals surface area contributed by atoms with Crippen LogP contribution in [0.2, 0.25) is 0 Å². The van der Waals surface area contributed by atoms with E-state index < -0.39 is 0 Å². The second kappa shape index (κ2) is 6.42. The summed E-state index contributed by atoms with van der Waals surface area (Å²) < 4.78 is 0. The largest absolute Gasteiger partial charge is 0.373 e. The molecule has 1 rings (SSSR count). The molecule has 4 heteroatoms. The summed E-state index contributed by atoms with van der Waals surface area (Å²) in [7, 11) is 1.91. The highest BCUT2D eigenvalue weighted by Crippen LogP contribution is 2.27. The van der Waals surface area contributed by atoms with Crippen molar-refractivity contribution < 1.29 is 0 Å². The molecule has 0 fully saturated rings. The van der Waals surface area contributed by atoms with Gasteiger partial charge in [0.05, 0.1) is 0 Å². The minimum atomic E-state index is -0.0602. The molecular weight excluding hydrogens is 248 g/mol. The van der Waals surface area contributed by atoms with Gasteiger partial charge in [-0.25, -0.2) is 9.97 Å². The van der Waals surface area contributed by atoms with Gasteiger partial charge in [-0.2, -0.15) is 0 Å². The van der Waals surface area contributed by atoms with E-state index in [2.05, 4.69) is 64.1 Å². The van der Waals surface area contributed by atoms with E-state index in [0.29, 0.717) is 12.0 Å². The van der Waals surface area contributed by atoms with Crippen LogP contribution in [0.4, 0.5) is 11.6 Å². The molecule has 2 N–H and O–H groups in total. The molecule has 1 unspecified atom stereocenters. The fraction of sp³-hybridized carbons (Fsp3) is 0.750. The molecule has 4 nitrogen and oxygen atoms in total. The molecule has 0 amide bonds. The van der Waals surface area contributed by atoms with Crippen LogP contribution in [-0.2, 0) is 5.41 Å². The van der Waals surface area contributed by atoms with Gasteiger partial charge in [-0.15, -0.1) is 0 Å². The van der Waals surface area contributed by atoms with Crippen molar-refractivity contribution >= 4 is 11.6 Å². The van der Waals surface area contributed by atoms with Crippen LogP contribution in [0.25, 0.3) is 0 Å². The average molecular weight is 278 g/mol. The predicted molar refractivity (Wildman–Crippen MR) is 87.6 cm³/mol. The van der Waals surface area contributed by atoms with Crippen molar-refractivity contribution in [3.63, 3.8) is 0 Å². The van der Waals surface area contributed by atoms with Crippen LogP contribution in [0.15, 0.2) is 0 Å². The molecule has 114 valence electrons. The van der Waals surface area contributed by atoms with Crippen LogP contribution in [0.5, 0.6) is 0 Å². The third kappa shape index (κ3) is 3.84. The van der Waals surface area contributed by atoms with E-state index in [-0.39, 0.29) is 5.41 Å². The quantitative estimate of drug-likeness (QED) is 0.855. The molecular formula is C16H30N4. The smallest absolute Gasteiger partial charge is 0.138 e. The Morgan fingerprint density at radius 3 is 2.05 bits per heavy atom. The lowest BCUT2D eigenvalue weighted by atomic mass is 9.95. The SMILES string of the molecule is CCC(Nc1nc(C(C)(C)C)nc(NC)c1C)C(C)C. The van der Waals surface area contributed by atoms with E-state index in [4.69, 9.17) is 4.98 Å². The zero-order chi connectivity index (χ0) is 15.5. The number of rotatable bonds is 5. The lowest BCUT2D eigenvalue weighted by Crippen LogP contribution is -2.27. The maximum atomic E-state index is 4.76. The summed E-state index contributed by atoms with van der Waals surface area (Å²) >= 11 is 0. The molecule has 1 atom stereocenters. The Kier molecular flexibility index (Phi) is 5.37. The highest BCUT2D eigenvalue weighted by atomic mass is 15.1. The number of anilines is 2. The Morgan fingerprint density at radius 1 is 1.10 bits per heavy atom. The Hall–Kier alpha value is -1.32. The van der Waals surface area contributed by atoms with Gasteiger partial charge in [-0.05, 0) is 19.3 Å². The number of nitrogens with one attached hydrogen (secondary N) is 2. The standard InChI is InChI=1S/C16H30N4/c1-9-12(10(2)3)18-14-11(4)13(17-8)19-15(20-14)16(5,6)7/h10,12H,9H2,1-8H3,(H2,17,18,19,20). The third-order valence-electron chi connectivity index (χ3n) is 3.62. The minimum absolute atomic E-state index is 0.0602. The zero-order valence-electron chi connectivity index (χ0n) is 14.3. The highest BCUT2D eigenvalue weighted by Gasteiger charge is 2.22. The summed E-state index contributed by atoms with van der Waals surface area (Å²) in [4.78, 5) is 9.40. The van der Waals surface area contributed by atoms with Crippen molar-refractivity contribution in [2.75, 3.05) is 17.7 Å². The molecule has 0 saturated carbocycles. The molecule has 0 aliphatic heterocycles. The molecule has 1 aromatic heterocycles. The molecule has 0 aromatic carbocycles. The normalized spacial score (nSPS) is 13.4. The molecule has 20 heavy (non-hydrogen) atoms. The van der Waals surface area contributed by atoms with E-state index in [0.717, 1.165) is 29.4 Å². The molecule has 0 spiro atoms. The first-order valence-corrected chi connectivity index (χ1v) is 7.54. The predicted octanol–water partition coefficient (Wildman–Crippen LogP) is 3.97. The summed E-state index contributed by atoms with van der Waals surface area (Å²) in [6, 6.07) is 0.432. The van der Waals surface area contributed by atoms with Crippen molar-refractivity contribution in [3.8, 4) is 0 Å². The first-order valence-electron chi connectivity index (χ1n) is 7.54. The van der Waals surface area contributed by atoms with Gasteiger partial charge in [-0.3, -0.25) is 0 Å². The fourth-order valence-electron chi connectivity index (χ4n) is 2.15. The topological polar surface area (TPSA) is 49.8 Å². The summed E-state index contributed by atoms with van der Waals surface area (Å²) in [6.07, 6.45) is 1.08. The molecule has 0 aliphatic rings. The Balaban J connectivity index is 3.24. The Bertz CT molecular complexity index is 447. The van der Waals surface area contributed by atoms with Crippen LogP contribution in [0, 0.1) is 12.8 Å². The molecule has 0 bridgehead atoms. The lowest BCUT2D eigenvalue weighted by molar-refractivity contribution is 0.506. The van der Waals surface area contributed by atoms with Gasteiger partial charge in [0.15, 0.2) is 0 Å². The van der Waals surface area contributed by atoms with Crippen molar-refractivity contribution in [3.05, 3.63) is 11.4 Å². The summed E-state index contributed by atoms with van der Waals surface area (Å²) in [5.41, 5.74) is 1.02. The molecule has 0 saturated heterocycles. The zero-order valence-corrected chi connectivity index (χ0v) is 14.3. The number of hydrogen-bond acceptors (Lipinski definition) is 4. The summed E-state index contributed by atoms with van der Waals surface area (Å²) in [5.74, 6) is 3.31. The van der Waals surface area contributed by atoms with Crippen LogP contribution in [-0.4, -0.2) is 23.1 Å². The molecule has 1 heterocycles. The van der Waals surface area contributed by atoms with E-state index in [1.165, 1.54) is 0 Å². The van der Waals surface area contributed by atoms with Gasteiger partial charge in [-0.1, -0.05) is 41.5 Å². The van der Waals surface area contributed by atoms with Gasteiger partial charge in [0.1, 0.15) is 17.5 Å². The molecule has 1 aromatic rings. The number of aromatic nitrogens is 2. The van der Waals surface area contributed by atoms with Crippen LogP contribution in [0.1, 0.15) is 59.4 Å².